The molecule has 41 heavy (non-hydrogen) atoms. The van der Waals surface area contributed by atoms with Crippen LogP contribution in [-0.4, -0.2) is 71.5 Å². The molecule has 1 unspecified atom stereocenters. The lowest BCUT2D eigenvalue weighted by atomic mass is 9.85. The van der Waals surface area contributed by atoms with Crippen molar-refractivity contribution in [2.75, 3.05) is 23.9 Å². The number of hydrogen-bond acceptors (Lipinski definition) is 7. The lowest BCUT2D eigenvalue weighted by Crippen LogP contribution is -2.51. The molecule has 0 radical (unpaired) electrons. The maximum absolute atomic E-state index is 14.3. The maximum atomic E-state index is 14.3. The van der Waals surface area contributed by atoms with E-state index in [2.05, 4.69) is 15.0 Å². The number of benzene rings is 1. The van der Waals surface area contributed by atoms with Crippen LogP contribution in [-0.2, 0) is 0 Å². The van der Waals surface area contributed by atoms with Crippen LogP contribution in [0.1, 0.15) is 54.6 Å². The van der Waals surface area contributed by atoms with Crippen molar-refractivity contribution in [1.82, 2.24) is 29.4 Å². The number of piperidine rings is 1. The number of nitrogen functional groups attached to an aromatic ring is 1. The van der Waals surface area contributed by atoms with Gasteiger partial charge in [0.2, 0.25) is 0 Å². The first-order valence-corrected chi connectivity index (χ1v) is 15.1. The van der Waals surface area contributed by atoms with Gasteiger partial charge in [-0.05, 0) is 50.8 Å². The van der Waals surface area contributed by atoms with Gasteiger partial charge in [-0.25, -0.2) is 14.2 Å². The van der Waals surface area contributed by atoms with E-state index in [-0.39, 0.29) is 41.5 Å². The number of thioether (sulfide) groups is 1. The van der Waals surface area contributed by atoms with Gasteiger partial charge in [-0.15, -0.1) is 11.8 Å². The minimum absolute atomic E-state index is 0.00000915. The second-order valence-electron chi connectivity index (χ2n) is 11.1. The minimum Gasteiger partial charge on any atom is -0.383 e. The number of carbonyl (C=O) groups excluding carboxylic acids is 2. The smallest absolute Gasteiger partial charge is 0.321 e. The highest BCUT2D eigenvalue weighted by molar-refractivity contribution is 7.99. The Labute approximate surface area is 240 Å². The van der Waals surface area contributed by atoms with E-state index in [1.54, 1.807) is 48.4 Å². The Morgan fingerprint density at radius 1 is 1.05 bits per heavy atom. The monoisotopic (exact) mass is 571 g/mol. The molecule has 4 aromatic rings. The number of urea groups is 1. The molecule has 0 spiro atoms. The highest BCUT2D eigenvalue weighted by Crippen LogP contribution is 2.45. The Kier molecular flexibility index (Phi) is 6.41. The number of carbonyl (C=O) groups is 2. The predicted octanol–water partition coefficient (Wildman–Crippen LogP) is 5.22. The highest BCUT2D eigenvalue weighted by Gasteiger charge is 2.46. The van der Waals surface area contributed by atoms with Crippen molar-refractivity contribution >= 4 is 35.0 Å². The molecule has 3 aromatic heterocycles. The number of Topliss-reactive ketones (excluding diaryl/α,β-unsaturated/α-hetero) is 1. The van der Waals surface area contributed by atoms with Crippen molar-refractivity contribution in [1.29, 1.82) is 0 Å². The lowest BCUT2D eigenvalue weighted by molar-refractivity contribution is 0.100. The van der Waals surface area contributed by atoms with Crippen LogP contribution in [0.3, 0.4) is 0 Å². The Hall–Kier alpha value is -3.99. The van der Waals surface area contributed by atoms with E-state index in [0.717, 1.165) is 55.0 Å². The number of nitrogens with two attached hydrogens (primary N) is 1. The zero-order valence-electron chi connectivity index (χ0n) is 22.7. The number of fused-ring (bicyclic) bond motifs is 3. The summed E-state index contributed by atoms with van der Waals surface area (Å²) in [5.41, 5.74) is 10.7. The number of hydrogen-bond donors (Lipinski definition) is 1. The average Bonchev–Trinajstić information content (AvgIpc) is 3.71. The largest absolute Gasteiger partial charge is 0.383 e. The van der Waals surface area contributed by atoms with Crippen molar-refractivity contribution in [3.05, 3.63) is 65.9 Å². The highest BCUT2D eigenvalue weighted by atomic mass is 32.2. The molecule has 210 valence electrons. The molecule has 1 aromatic carbocycles. The third-order valence-electron chi connectivity index (χ3n) is 8.65. The third kappa shape index (κ3) is 4.34. The number of aromatic nitrogens is 4. The van der Waals surface area contributed by atoms with E-state index in [0.29, 0.717) is 28.2 Å². The Morgan fingerprint density at radius 2 is 1.83 bits per heavy atom. The van der Waals surface area contributed by atoms with E-state index in [9.17, 15) is 14.0 Å². The number of rotatable bonds is 4. The molecule has 3 atom stereocenters. The van der Waals surface area contributed by atoms with Crippen molar-refractivity contribution < 1.29 is 14.0 Å². The van der Waals surface area contributed by atoms with Gasteiger partial charge in [0.15, 0.2) is 11.4 Å². The molecular formula is C30H30FN7O2S. The van der Waals surface area contributed by atoms with Crippen molar-refractivity contribution in [2.45, 2.75) is 50.6 Å². The summed E-state index contributed by atoms with van der Waals surface area (Å²) in [6, 6.07) is 10.5. The van der Waals surface area contributed by atoms with Crippen LogP contribution in [0.5, 0.6) is 0 Å². The van der Waals surface area contributed by atoms with Gasteiger partial charge < -0.3 is 15.5 Å². The molecule has 2 amide bonds. The molecule has 3 aliphatic rings. The van der Waals surface area contributed by atoms with Gasteiger partial charge in [0.05, 0.1) is 29.0 Å². The summed E-state index contributed by atoms with van der Waals surface area (Å²) >= 11 is 1.79. The second-order valence-corrected chi connectivity index (χ2v) is 12.1. The first-order valence-electron chi connectivity index (χ1n) is 13.9. The molecule has 9 nitrogen and oxygen atoms in total. The minimum atomic E-state index is -0.333. The van der Waals surface area contributed by atoms with Crippen LogP contribution in [0.4, 0.5) is 15.0 Å². The zero-order valence-corrected chi connectivity index (χ0v) is 23.5. The van der Waals surface area contributed by atoms with Gasteiger partial charge in [0, 0.05) is 53.2 Å². The summed E-state index contributed by atoms with van der Waals surface area (Å²) in [5.74, 6) is 1.51. The van der Waals surface area contributed by atoms with Crippen molar-refractivity contribution in [2.24, 2.45) is 0 Å². The fourth-order valence-electron chi connectivity index (χ4n) is 6.71. The van der Waals surface area contributed by atoms with Crippen molar-refractivity contribution in [3.8, 4) is 22.4 Å². The summed E-state index contributed by atoms with van der Waals surface area (Å²) in [6.07, 6.45) is 6.75. The third-order valence-corrected chi connectivity index (χ3v) is 9.62. The number of halogens is 1. The first-order chi connectivity index (χ1) is 19.9. The molecule has 3 fully saturated rings. The standard InChI is InChI=1S/C30H30FN7O2S/c1-17(39)26-27(19-12-20-7-8-21(13-19)37(20)30(40)36-10-11-41-16-36)35-29-23(15-34-38(29)28(26)32)18-6-9-25(33-14-18)22-4-2-3-5-24(22)31/h2-6,9,14-15,19-21H,7-8,10-13,16,32H2,1H3/t19?,20-,21+. The van der Waals surface area contributed by atoms with Gasteiger partial charge in [-0.3, -0.25) is 9.78 Å². The number of ketones is 1. The van der Waals surface area contributed by atoms with Gasteiger partial charge >= 0.3 is 6.03 Å². The lowest BCUT2D eigenvalue weighted by Gasteiger charge is -2.40. The summed E-state index contributed by atoms with van der Waals surface area (Å²) in [6.45, 7) is 2.31. The fraction of sp³-hybridized carbons (Fsp3) is 0.367. The normalized spacial score (nSPS) is 22.0. The van der Waals surface area contributed by atoms with Gasteiger partial charge in [0.25, 0.3) is 0 Å². The number of pyridine rings is 1. The van der Waals surface area contributed by atoms with Crippen LogP contribution in [0, 0.1) is 5.82 Å². The van der Waals surface area contributed by atoms with Crippen LogP contribution in [0.25, 0.3) is 28.0 Å². The molecule has 0 aliphatic carbocycles. The summed E-state index contributed by atoms with van der Waals surface area (Å²) in [7, 11) is 0. The van der Waals surface area contributed by atoms with E-state index >= 15 is 0 Å². The number of anilines is 1. The molecule has 6 heterocycles. The van der Waals surface area contributed by atoms with Gasteiger partial charge in [-0.2, -0.15) is 9.61 Å². The van der Waals surface area contributed by atoms with Crippen LogP contribution in [0.2, 0.25) is 0 Å². The molecule has 3 saturated heterocycles. The summed E-state index contributed by atoms with van der Waals surface area (Å²) in [5, 5.41) is 4.47. The molecule has 11 heteroatoms. The molecule has 3 aliphatic heterocycles. The summed E-state index contributed by atoms with van der Waals surface area (Å²) < 4.78 is 15.8. The topological polar surface area (TPSA) is 110 Å². The summed E-state index contributed by atoms with van der Waals surface area (Å²) in [4.78, 5) is 39.8. The number of amides is 2. The van der Waals surface area contributed by atoms with Crippen LogP contribution in [0.15, 0.2) is 48.8 Å². The van der Waals surface area contributed by atoms with Gasteiger partial charge in [-0.1, -0.05) is 18.2 Å². The average molecular weight is 572 g/mol. The van der Waals surface area contributed by atoms with E-state index in [1.165, 1.54) is 17.5 Å². The molecular weight excluding hydrogens is 541 g/mol. The van der Waals surface area contributed by atoms with Crippen LogP contribution < -0.4 is 5.73 Å². The first kappa shape index (κ1) is 25.9. The van der Waals surface area contributed by atoms with Crippen LogP contribution >= 0.6 is 11.8 Å². The molecule has 2 N–H and O–H groups in total. The number of nitrogens with zero attached hydrogens (tertiary/aromatic N) is 6. The quantitative estimate of drug-likeness (QED) is 0.335. The molecule has 7 rings (SSSR count). The predicted molar refractivity (Wildman–Crippen MR) is 156 cm³/mol. The zero-order chi connectivity index (χ0) is 28.2. The fourth-order valence-corrected chi connectivity index (χ4v) is 7.65. The van der Waals surface area contributed by atoms with Gasteiger partial charge in [0.1, 0.15) is 11.6 Å². The van der Waals surface area contributed by atoms with E-state index in [1.807, 2.05) is 11.0 Å². The Bertz CT molecular complexity index is 1650. The van der Waals surface area contributed by atoms with E-state index < -0.39 is 0 Å². The Balaban J connectivity index is 1.24. The second kappa shape index (κ2) is 10.1. The maximum Gasteiger partial charge on any atom is 0.321 e. The van der Waals surface area contributed by atoms with Crippen molar-refractivity contribution in [3.63, 3.8) is 0 Å². The molecule has 0 saturated carbocycles. The molecule has 2 bridgehead atoms. The van der Waals surface area contributed by atoms with E-state index in [4.69, 9.17) is 10.7 Å². The SMILES string of the molecule is CC(=O)c1c(C2C[C@H]3CC[C@@H](C2)N3C(=O)N2CCSC2)nc2c(-c3ccc(-c4ccccc4F)nc3)cnn2c1N. The Morgan fingerprint density at radius 3 is 2.49 bits per heavy atom.